The first-order chi connectivity index (χ1) is 8.50. The van der Waals surface area contributed by atoms with Crippen molar-refractivity contribution in [2.75, 3.05) is 0 Å². The Hall–Kier alpha value is -0.790. The Morgan fingerprint density at radius 3 is 2.39 bits per heavy atom. The van der Waals surface area contributed by atoms with Gasteiger partial charge in [-0.25, -0.2) is 0 Å². The molecule has 3 unspecified atom stereocenters. The fourth-order valence-electron chi connectivity index (χ4n) is 3.67. The smallest absolute Gasteiger partial charge is 0.0824 e. The van der Waals surface area contributed by atoms with Crippen molar-refractivity contribution in [3.8, 4) is 0 Å². The summed E-state index contributed by atoms with van der Waals surface area (Å²) in [6.07, 6.45) is 4.54. The van der Waals surface area contributed by atoms with E-state index in [0.717, 1.165) is 30.4 Å². The molecule has 0 aromatic rings. The van der Waals surface area contributed by atoms with Crippen LogP contribution in [0.3, 0.4) is 0 Å². The predicted octanol–water partition coefficient (Wildman–Crippen LogP) is 5.03. The summed E-state index contributed by atoms with van der Waals surface area (Å²) in [4.78, 5) is 0. The Balaban J connectivity index is 0.000000771. The van der Waals surface area contributed by atoms with E-state index in [0.29, 0.717) is 5.41 Å². The zero-order chi connectivity index (χ0) is 13.9. The maximum Gasteiger partial charge on any atom is 0.0824 e. The van der Waals surface area contributed by atoms with Gasteiger partial charge in [-0.1, -0.05) is 45.3 Å². The summed E-state index contributed by atoms with van der Waals surface area (Å²) in [5, 5.41) is 12.5. The summed E-state index contributed by atoms with van der Waals surface area (Å²) in [5.74, 6) is 1.56. The fourth-order valence-corrected chi connectivity index (χ4v) is 3.67. The average molecular weight is 251 g/mol. The Labute approximate surface area is 112 Å². The number of hydrogen-bond acceptors (Lipinski definition) is 2. The maximum atomic E-state index is 9.01. The molecule has 1 fully saturated rings. The maximum absolute atomic E-state index is 9.01. The van der Waals surface area contributed by atoms with Gasteiger partial charge in [-0.15, -0.1) is 0 Å². The van der Waals surface area contributed by atoms with Crippen LogP contribution in [0.1, 0.15) is 67.2 Å². The van der Waals surface area contributed by atoms with Crippen molar-refractivity contribution in [1.29, 1.82) is 0 Å². The number of fused-ring (bicyclic) bond motifs is 1. The van der Waals surface area contributed by atoms with Crippen LogP contribution in [0.15, 0.2) is 16.3 Å². The Bertz CT molecular complexity index is 356. The molecule has 2 rings (SSSR count). The molecule has 0 spiro atoms. The fraction of sp³-hybridized carbons (Fsp3) is 0.812. The zero-order valence-corrected chi connectivity index (χ0v) is 12.9. The van der Waals surface area contributed by atoms with Crippen LogP contribution in [0.4, 0.5) is 0 Å². The summed E-state index contributed by atoms with van der Waals surface area (Å²) in [7, 11) is 0. The lowest BCUT2D eigenvalue weighted by atomic mass is 9.56. The average Bonchev–Trinajstić information content (AvgIpc) is 2.38. The normalized spacial score (nSPS) is 38.0. The minimum Gasteiger partial charge on any atom is -0.411 e. The molecule has 0 aromatic carbocycles. The lowest BCUT2D eigenvalue weighted by molar-refractivity contribution is 0.127. The molecule has 0 aliphatic heterocycles. The van der Waals surface area contributed by atoms with Gasteiger partial charge in [0, 0.05) is 0 Å². The van der Waals surface area contributed by atoms with Crippen LogP contribution < -0.4 is 0 Å². The second-order valence-corrected chi connectivity index (χ2v) is 5.87. The standard InChI is InChI=1S/C14H23NO.C2H6/c1-9-5-6-12-10(2)13(15-16)7-8-14(12,4)11(9)3;1-2/h9,11,16H,5-8H2,1-4H3;1-2H3/b15-13+;. The zero-order valence-electron chi connectivity index (χ0n) is 12.9. The number of nitrogens with zero attached hydrogens (tertiary/aromatic N) is 1. The minimum absolute atomic E-state index is 0.343. The summed E-state index contributed by atoms with van der Waals surface area (Å²) >= 11 is 0. The van der Waals surface area contributed by atoms with E-state index in [1.165, 1.54) is 18.4 Å². The number of oxime groups is 1. The third-order valence-electron chi connectivity index (χ3n) is 5.29. The van der Waals surface area contributed by atoms with Crippen molar-refractivity contribution in [3.63, 3.8) is 0 Å². The molecule has 2 aliphatic rings. The van der Waals surface area contributed by atoms with Crippen molar-refractivity contribution in [1.82, 2.24) is 0 Å². The van der Waals surface area contributed by atoms with Crippen LogP contribution in [-0.4, -0.2) is 10.9 Å². The van der Waals surface area contributed by atoms with Gasteiger partial charge in [0.05, 0.1) is 5.71 Å². The van der Waals surface area contributed by atoms with Crippen molar-refractivity contribution in [2.45, 2.75) is 67.2 Å². The van der Waals surface area contributed by atoms with E-state index < -0.39 is 0 Å². The van der Waals surface area contributed by atoms with Crippen molar-refractivity contribution < 1.29 is 5.21 Å². The predicted molar refractivity (Wildman–Crippen MR) is 78.2 cm³/mol. The summed E-state index contributed by atoms with van der Waals surface area (Å²) in [6.45, 7) is 13.3. The Morgan fingerprint density at radius 1 is 1.22 bits per heavy atom. The van der Waals surface area contributed by atoms with E-state index >= 15 is 0 Å². The lowest BCUT2D eigenvalue weighted by Crippen LogP contribution is -2.40. The highest BCUT2D eigenvalue weighted by Crippen LogP contribution is 2.53. The molecule has 0 heterocycles. The molecule has 1 saturated carbocycles. The monoisotopic (exact) mass is 251 g/mol. The van der Waals surface area contributed by atoms with Crippen LogP contribution in [-0.2, 0) is 0 Å². The second-order valence-electron chi connectivity index (χ2n) is 5.87. The third-order valence-corrected chi connectivity index (χ3v) is 5.29. The SMILES string of the molecule is CC.CC1=C2CCC(C)C(C)C2(C)CC/C1=N\O. The van der Waals surface area contributed by atoms with Crippen molar-refractivity contribution >= 4 is 5.71 Å². The molecular formula is C16H29NO. The summed E-state index contributed by atoms with van der Waals surface area (Å²) in [5.41, 5.74) is 4.07. The van der Waals surface area contributed by atoms with Gasteiger partial charge in [0.25, 0.3) is 0 Å². The molecular weight excluding hydrogens is 222 g/mol. The first kappa shape index (κ1) is 15.3. The molecule has 1 N–H and O–H groups in total. The topological polar surface area (TPSA) is 32.6 Å². The largest absolute Gasteiger partial charge is 0.411 e. The van der Waals surface area contributed by atoms with Gasteiger partial charge in [0.2, 0.25) is 0 Å². The molecule has 0 amide bonds. The van der Waals surface area contributed by atoms with Crippen LogP contribution in [0.5, 0.6) is 0 Å². The highest BCUT2D eigenvalue weighted by atomic mass is 16.4. The van der Waals surface area contributed by atoms with Gasteiger partial charge < -0.3 is 5.21 Å². The molecule has 2 aliphatic carbocycles. The van der Waals surface area contributed by atoms with E-state index in [-0.39, 0.29) is 0 Å². The first-order valence-corrected chi connectivity index (χ1v) is 7.42. The molecule has 0 bridgehead atoms. The third kappa shape index (κ3) is 2.34. The van der Waals surface area contributed by atoms with Crippen LogP contribution in [0.25, 0.3) is 0 Å². The Morgan fingerprint density at radius 2 is 1.83 bits per heavy atom. The van der Waals surface area contributed by atoms with E-state index in [9.17, 15) is 0 Å². The van der Waals surface area contributed by atoms with Gasteiger partial charge in [-0.2, -0.15) is 0 Å². The molecule has 2 heteroatoms. The molecule has 18 heavy (non-hydrogen) atoms. The van der Waals surface area contributed by atoms with Crippen LogP contribution in [0, 0.1) is 17.3 Å². The minimum atomic E-state index is 0.343. The van der Waals surface area contributed by atoms with Gasteiger partial charge in [0.1, 0.15) is 0 Å². The van der Waals surface area contributed by atoms with Gasteiger partial charge in [-0.3, -0.25) is 0 Å². The molecule has 104 valence electrons. The molecule has 2 nitrogen and oxygen atoms in total. The Kier molecular flexibility index (Phi) is 5.01. The first-order valence-electron chi connectivity index (χ1n) is 7.42. The molecule has 0 radical (unpaired) electrons. The van der Waals surface area contributed by atoms with Crippen molar-refractivity contribution in [3.05, 3.63) is 11.1 Å². The highest BCUT2D eigenvalue weighted by molar-refractivity contribution is 6.01. The van der Waals surface area contributed by atoms with Gasteiger partial charge in [-0.05, 0) is 55.4 Å². The molecule has 0 saturated heterocycles. The van der Waals surface area contributed by atoms with E-state index in [1.807, 2.05) is 13.8 Å². The summed E-state index contributed by atoms with van der Waals surface area (Å²) in [6, 6.07) is 0. The molecule has 0 aromatic heterocycles. The van der Waals surface area contributed by atoms with E-state index in [4.69, 9.17) is 5.21 Å². The molecule has 3 atom stereocenters. The van der Waals surface area contributed by atoms with E-state index in [2.05, 4.69) is 32.9 Å². The van der Waals surface area contributed by atoms with Crippen LogP contribution >= 0.6 is 0 Å². The summed E-state index contributed by atoms with van der Waals surface area (Å²) < 4.78 is 0. The van der Waals surface area contributed by atoms with Gasteiger partial charge in [0.15, 0.2) is 0 Å². The highest BCUT2D eigenvalue weighted by Gasteiger charge is 2.44. The number of hydrogen-bond donors (Lipinski definition) is 1. The number of rotatable bonds is 0. The van der Waals surface area contributed by atoms with E-state index in [1.54, 1.807) is 5.57 Å². The number of allylic oxidation sites excluding steroid dienone is 2. The second kappa shape index (κ2) is 5.90. The lowest BCUT2D eigenvalue weighted by Gasteiger charge is -2.49. The van der Waals surface area contributed by atoms with Crippen LogP contribution in [0.2, 0.25) is 0 Å². The quantitative estimate of drug-likeness (QED) is 0.475. The van der Waals surface area contributed by atoms with Crippen molar-refractivity contribution in [2.24, 2.45) is 22.4 Å². The van der Waals surface area contributed by atoms with Gasteiger partial charge >= 0.3 is 0 Å².